The first-order valence-corrected chi connectivity index (χ1v) is 4.49. The van der Waals surface area contributed by atoms with E-state index in [9.17, 15) is 4.79 Å². The third-order valence-corrected chi connectivity index (χ3v) is 1.91. The van der Waals surface area contributed by atoms with Crippen molar-refractivity contribution in [3.63, 3.8) is 0 Å². The highest BCUT2D eigenvalue weighted by Crippen LogP contribution is 2.07. The molecule has 0 aliphatic carbocycles. The Hall–Kier alpha value is -0.800. The van der Waals surface area contributed by atoms with Crippen molar-refractivity contribution >= 4 is 18.6 Å². The molecule has 0 heterocycles. The van der Waals surface area contributed by atoms with Crippen LogP contribution in [-0.4, -0.2) is 17.1 Å². The van der Waals surface area contributed by atoms with E-state index in [0.29, 0.717) is 0 Å². The first-order valence-electron chi connectivity index (χ1n) is 4.09. The van der Waals surface area contributed by atoms with Crippen molar-refractivity contribution in [3.8, 4) is 0 Å². The summed E-state index contributed by atoms with van der Waals surface area (Å²) in [7, 11) is 1.89. The molecule has 1 rings (SSSR count). The zero-order valence-electron chi connectivity index (χ0n) is 7.82. The van der Waals surface area contributed by atoms with Crippen LogP contribution in [0.1, 0.15) is 22.8 Å². The van der Waals surface area contributed by atoms with Gasteiger partial charge in [0.2, 0.25) is 0 Å². The fourth-order valence-electron chi connectivity index (χ4n) is 1.11. The van der Waals surface area contributed by atoms with Gasteiger partial charge in [-0.15, -0.1) is 0 Å². The molecule has 0 unspecified atom stereocenters. The normalized spacial score (nSPS) is 10.5. The van der Waals surface area contributed by atoms with Gasteiger partial charge in [-0.2, -0.15) is 0 Å². The van der Waals surface area contributed by atoms with Crippen LogP contribution in [0.15, 0.2) is 24.3 Å². The Bertz CT molecular complexity index is 292. The Labute approximate surface area is 84.1 Å². The number of rotatable bonds is 3. The Morgan fingerprint density at radius 2 is 1.92 bits per heavy atom. The Morgan fingerprint density at radius 1 is 1.38 bits per heavy atom. The maximum Gasteiger partial charge on any atom is 0.159 e. The maximum absolute atomic E-state index is 11.0. The topological polar surface area (TPSA) is 20.3 Å². The summed E-state index contributed by atoms with van der Waals surface area (Å²) in [4.78, 5) is 11.0. The molecule has 0 amide bonds. The third-order valence-electron chi connectivity index (χ3n) is 1.77. The van der Waals surface area contributed by atoms with E-state index >= 15 is 0 Å². The fraction of sp³-hybridized carbons (Fsp3) is 0.300. The molecule has 0 aliphatic rings. The number of thiol groups is 1. The van der Waals surface area contributed by atoms with E-state index in [1.165, 1.54) is 0 Å². The summed E-state index contributed by atoms with van der Waals surface area (Å²) in [6.07, 6.45) is 0. The lowest BCUT2D eigenvalue weighted by atomic mass is 10.1. The number of benzene rings is 1. The minimum atomic E-state index is 0.103. The van der Waals surface area contributed by atoms with Crippen LogP contribution in [0.2, 0.25) is 0 Å². The SMILES string of the molecule is CC(=O)c1ccc(CN(C)S)cc1. The second-order valence-corrected chi connectivity index (χ2v) is 3.75. The van der Waals surface area contributed by atoms with Gasteiger partial charge in [-0.3, -0.25) is 9.10 Å². The number of nitrogens with zero attached hydrogens (tertiary/aromatic N) is 1. The summed E-state index contributed by atoms with van der Waals surface area (Å²) in [5.74, 6) is 0.103. The van der Waals surface area contributed by atoms with Crippen molar-refractivity contribution in [2.45, 2.75) is 13.5 Å². The van der Waals surface area contributed by atoms with E-state index in [1.54, 1.807) is 11.2 Å². The molecule has 0 aromatic heterocycles. The average Bonchev–Trinajstić information content (AvgIpc) is 2.04. The molecule has 0 spiro atoms. The molecule has 70 valence electrons. The number of hydrogen-bond acceptors (Lipinski definition) is 3. The lowest BCUT2D eigenvalue weighted by Gasteiger charge is -2.07. The van der Waals surface area contributed by atoms with E-state index in [0.717, 1.165) is 17.7 Å². The average molecular weight is 195 g/mol. The summed E-state index contributed by atoms with van der Waals surface area (Å²) in [6, 6.07) is 7.58. The summed E-state index contributed by atoms with van der Waals surface area (Å²) in [5, 5.41) is 0. The minimum absolute atomic E-state index is 0.103. The van der Waals surface area contributed by atoms with Gasteiger partial charge in [0.25, 0.3) is 0 Å². The van der Waals surface area contributed by atoms with E-state index in [2.05, 4.69) is 12.8 Å². The molecule has 0 atom stereocenters. The summed E-state index contributed by atoms with van der Waals surface area (Å²) in [6.45, 7) is 2.35. The van der Waals surface area contributed by atoms with Crippen molar-refractivity contribution < 1.29 is 4.79 Å². The first kappa shape index (κ1) is 10.3. The standard InChI is InChI=1S/C10H13NOS/c1-8(12)10-5-3-9(4-6-10)7-11(2)13/h3-6,13H,7H2,1-2H3. The predicted octanol–water partition coefficient (Wildman–Crippen LogP) is 2.17. The van der Waals surface area contributed by atoms with Crippen molar-refractivity contribution in [1.29, 1.82) is 0 Å². The Kier molecular flexibility index (Phi) is 3.51. The van der Waals surface area contributed by atoms with Gasteiger partial charge in [-0.1, -0.05) is 37.1 Å². The summed E-state index contributed by atoms with van der Waals surface area (Å²) < 4.78 is 1.79. The van der Waals surface area contributed by atoms with Crippen molar-refractivity contribution in [3.05, 3.63) is 35.4 Å². The molecular formula is C10H13NOS. The molecule has 0 bridgehead atoms. The molecule has 13 heavy (non-hydrogen) atoms. The van der Waals surface area contributed by atoms with Gasteiger partial charge in [0.1, 0.15) is 0 Å². The maximum atomic E-state index is 11.0. The zero-order valence-corrected chi connectivity index (χ0v) is 8.71. The number of carbonyl (C=O) groups is 1. The smallest absolute Gasteiger partial charge is 0.159 e. The summed E-state index contributed by atoms with van der Waals surface area (Å²) in [5.41, 5.74) is 1.91. The first-order chi connectivity index (χ1) is 6.09. The van der Waals surface area contributed by atoms with Crippen molar-refractivity contribution in [1.82, 2.24) is 4.31 Å². The van der Waals surface area contributed by atoms with Gasteiger partial charge in [0.05, 0.1) is 0 Å². The molecule has 0 radical (unpaired) electrons. The van der Waals surface area contributed by atoms with Gasteiger partial charge in [0.15, 0.2) is 5.78 Å². The van der Waals surface area contributed by atoms with Crippen molar-refractivity contribution in [2.75, 3.05) is 7.05 Å². The van der Waals surface area contributed by atoms with Crippen LogP contribution in [0.3, 0.4) is 0 Å². The van der Waals surface area contributed by atoms with Gasteiger partial charge in [0, 0.05) is 12.1 Å². The quantitative estimate of drug-likeness (QED) is 0.589. The molecule has 1 aromatic carbocycles. The molecule has 0 N–H and O–H groups in total. The Morgan fingerprint density at radius 3 is 2.31 bits per heavy atom. The van der Waals surface area contributed by atoms with Gasteiger partial charge < -0.3 is 0 Å². The molecule has 1 aromatic rings. The number of carbonyl (C=O) groups excluding carboxylic acids is 1. The molecule has 2 nitrogen and oxygen atoms in total. The van der Waals surface area contributed by atoms with E-state index in [4.69, 9.17) is 0 Å². The summed E-state index contributed by atoms with van der Waals surface area (Å²) >= 11 is 4.14. The molecular weight excluding hydrogens is 182 g/mol. The predicted molar refractivity (Wildman–Crippen MR) is 56.9 cm³/mol. The number of Topliss-reactive ketones (excluding diaryl/α,β-unsaturated/α-hetero) is 1. The second-order valence-electron chi connectivity index (χ2n) is 3.07. The van der Waals surface area contributed by atoms with Crippen LogP contribution in [0.5, 0.6) is 0 Å². The lowest BCUT2D eigenvalue weighted by Crippen LogP contribution is -2.04. The minimum Gasteiger partial charge on any atom is -0.295 e. The molecule has 0 saturated carbocycles. The fourth-order valence-corrected chi connectivity index (χ4v) is 1.27. The Balaban J connectivity index is 2.75. The van der Waals surface area contributed by atoms with E-state index in [1.807, 2.05) is 31.3 Å². The van der Waals surface area contributed by atoms with Crippen LogP contribution in [0.25, 0.3) is 0 Å². The van der Waals surface area contributed by atoms with Crippen LogP contribution >= 0.6 is 12.8 Å². The number of hydrogen-bond donors (Lipinski definition) is 1. The number of ketones is 1. The van der Waals surface area contributed by atoms with E-state index < -0.39 is 0 Å². The molecule has 3 heteroatoms. The highest BCUT2D eigenvalue weighted by atomic mass is 32.1. The van der Waals surface area contributed by atoms with Gasteiger partial charge in [-0.05, 0) is 19.5 Å². The molecule has 0 saturated heterocycles. The van der Waals surface area contributed by atoms with Gasteiger partial charge >= 0.3 is 0 Å². The van der Waals surface area contributed by atoms with Gasteiger partial charge in [-0.25, -0.2) is 0 Å². The molecule has 0 fully saturated rings. The largest absolute Gasteiger partial charge is 0.295 e. The van der Waals surface area contributed by atoms with E-state index in [-0.39, 0.29) is 5.78 Å². The van der Waals surface area contributed by atoms with Crippen LogP contribution < -0.4 is 0 Å². The van der Waals surface area contributed by atoms with Crippen molar-refractivity contribution in [2.24, 2.45) is 0 Å². The molecule has 0 aliphatic heterocycles. The zero-order chi connectivity index (χ0) is 9.84. The second kappa shape index (κ2) is 4.44. The highest BCUT2D eigenvalue weighted by Gasteiger charge is 1.99. The van der Waals surface area contributed by atoms with Crippen LogP contribution in [0.4, 0.5) is 0 Å². The lowest BCUT2D eigenvalue weighted by molar-refractivity contribution is 0.101. The highest BCUT2D eigenvalue weighted by molar-refractivity contribution is 7.77. The van der Waals surface area contributed by atoms with Crippen LogP contribution in [0, 0.1) is 0 Å². The monoisotopic (exact) mass is 195 g/mol. The van der Waals surface area contributed by atoms with Crippen LogP contribution in [-0.2, 0) is 6.54 Å². The third kappa shape index (κ3) is 3.20.